The van der Waals surface area contributed by atoms with Crippen molar-refractivity contribution in [2.45, 2.75) is 51.6 Å². The number of amides is 2. The van der Waals surface area contributed by atoms with Crippen LogP contribution in [0.15, 0.2) is 54.7 Å². The van der Waals surface area contributed by atoms with Gasteiger partial charge in [-0.2, -0.15) is 0 Å². The number of nitrogens with one attached hydrogen (secondary N) is 1. The van der Waals surface area contributed by atoms with Gasteiger partial charge in [-0.15, -0.1) is 0 Å². The molecule has 1 N–H and O–H groups in total. The number of rotatable bonds is 4. The van der Waals surface area contributed by atoms with Gasteiger partial charge in [-0.3, -0.25) is 9.59 Å². The Morgan fingerprint density at radius 2 is 1.94 bits per heavy atom. The van der Waals surface area contributed by atoms with Gasteiger partial charge >= 0.3 is 0 Å². The average molecular weight is 429 g/mol. The lowest BCUT2D eigenvalue weighted by Gasteiger charge is -2.36. The fourth-order valence-corrected chi connectivity index (χ4v) is 4.94. The Balaban J connectivity index is 1.33. The third-order valence-electron chi connectivity index (χ3n) is 6.55. The zero-order valence-corrected chi connectivity index (χ0v) is 18.4. The number of nitrogens with zero attached hydrogens (tertiary/aromatic N) is 3. The van der Waals surface area contributed by atoms with Crippen LogP contribution < -0.4 is 5.32 Å². The fraction of sp³-hybridized carbons (Fsp3) is 0.346. The predicted octanol–water partition coefficient (Wildman–Crippen LogP) is 4.36. The highest BCUT2D eigenvalue weighted by molar-refractivity contribution is 5.92. The van der Waals surface area contributed by atoms with Gasteiger partial charge in [0.05, 0.1) is 18.2 Å². The van der Waals surface area contributed by atoms with Crippen LogP contribution in [0.25, 0.3) is 11.3 Å². The Morgan fingerprint density at radius 1 is 1.06 bits per heavy atom. The van der Waals surface area contributed by atoms with E-state index in [1.54, 1.807) is 6.92 Å². The molecular weight excluding hydrogens is 400 g/mol. The van der Waals surface area contributed by atoms with E-state index in [1.165, 1.54) is 18.4 Å². The summed E-state index contributed by atoms with van der Waals surface area (Å²) in [6.45, 7) is 3.24. The molecule has 0 bridgehead atoms. The summed E-state index contributed by atoms with van der Waals surface area (Å²) >= 11 is 0. The summed E-state index contributed by atoms with van der Waals surface area (Å²) in [6.07, 6.45) is 6.57. The molecule has 2 aliphatic heterocycles. The number of carbonyl (C=O) groups is 2. The van der Waals surface area contributed by atoms with E-state index in [-0.39, 0.29) is 24.3 Å². The number of fused-ring (bicyclic) bond motifs is 2. The molecule has 3 aromatic rings. The molecule has 1 atom stereocenters. The average Bonchev–Trinajstić information content (AvgIpc) is 3.24. The van der Waals surface area contributed by atoms with Crippen LogP contribution in [0, 0.1) is 0 Å². The predicted molar refractivity (Wildman–Crippen MR) is 124 cm³/mol. The smallest absolute Gasteiger partial charge is 0.226 e. The van der Waals surface area contributed by atoms with Crippen molar-refractivity contribution in [2.75, 3.05) is 11.9 Å². The molecule has 1 unspecified atom stereocenters. The van der Waals surface area contributed by atoms with Crippen LogP contribution in [0.4, 0.5) is 5.69 Å². The third-order valence-corrected chi connectivity index (χ3v) is 6.55. The molecule has 2 amide bonds. The molecule has 6 heteroatoms. The normalized spacial score (nSPS) is 17.4. The first-order valence-corrected chi connectivity index (χ1v) is 11.4. The van der Waals surface area contributed by atoms with Gasteiger partial charge in [0.15, 0.2) is 0 Å². The van der Waals surface area contributed by atoms with E-state index in [0.29, 0.717) is 6.54 Å². The third kappa shape index (κ3) is 4.05. The van der Waals surface area contributed by atoms with Crippen molar-refractivity contribution in [2.24, 2.45) is 0 Å². The van der Waals surface area contributed by atoms with Crippen LogP contribution in [0.2, 0.25) is 0 Å². The maximum atomic E-state index is 13.0. The van der Waals surface area contributed by atoms with Gasteiger partial charge in [-0.05, 0) is 42.5 Å². The first-order valence-electron chi connectivity index (χ1n) is 11.4. The minimum absolute atomic E-state index is 0.00282. The molecule has 6 nitrogen and oxygen atoms in total. The molecule has 0 saturated heterocycles. The number of carbonyl (C=O) groups excluding carboxylic acids is 2. The first kappa shape index (κ1) is 20.5. The molecule has 1 aromatic heterocycles. The van der Waals surface area contributed by atoms with Crippen LogP contribution in [0.3, 0.4) is 0 Å². The van der Waals surface area contributed by atoms with Gasteiger partial charge in [-0.1, -0.05) is 36.4 Å². The molecule has 0 aliphatic carbocycles. The van der Waals surface area contributed by atoms with E-state index >= 15 is 0 Å². The highest BCUT2D eigenvalue weighted by atomic mass is 16.2. The second-order valence-electron chi connectivity index (χ2n) is 8.70. The minimum atomic E-state index is -0.236. The van der Waals surface area contributed by atoms with Gasteiger partial charge in [0, 0.05) is 43.9 Å². The molecule has 0 fully saturated rings. The van der Waals surface area contributed by atoms with Crippen molar-refractivity contribution in [1.29, 1.82) is 0 Å². The molecule has 0 saturated carbocycles. The minimum Gasteiger partial charge on any atom is -0.335 e. The maximum Gasteiger partial charge on any atom is 0.226 e. The van der Waals surface area contributed by atoms with Crippen molar-refractivity contribution in [3.05, 3.63) is 71.7 Å². The number of imidazole rings is 1. The molecule has 3 heterocycles. The van der Waals surface area contributed by atoms with Crippen LogP contribution in [0.1, 0.15) is 49.2 Å². The second-order valence-corrected chi connectivity index (χ2v) is 8.70. The number of hydrogen-bond acceptors (Lipinski definition) is 3. The quantitative estimate of drug-likeness (QED) is 0.671. The first-order chi connectivity index (χ1) is 15.6. The lowest BCUT2D eigenvalue weighted by Crippen LogP contribution is -2.40. The van der Waals surface area contributed by atoms with Crippen molar-refractivity contribution >= 4 is 17.5 Å². The van der Waals surface area contributed by atoms with Crippen molar-refractivity contribution in [1.82, 2.24) is 14.5 Å². The largest absolute Gasteiger partial charge is 0.335 e. The number of aromatic nitrogens is 2. The Bertz CT molecular complexity index is 1140. The van der Waals surface area contributed by atoms with E-state index in [4.69, 9.17) is 4.98 Å². The van der Waals surface area contributed by atoms with Crippen LogP contribution >= 0.6 is 0 Å². The molecule has 2 aromatic carbocycles. The summed E-state index contributed by atoms with van der Waals surface area (Å²) in [5.41, 5.74) is 4.98. The Labute approximate surface area is 188 Å². The van der Waals surface area contributed by atoms with E-state index < -0.39 is 0 Å². The number of anilines is 1. The summed E-state index contributed by atoms with van der Waals surface area (Å²) in [6, 6.07) is 15.7. The maximum absolute atomic E-state index is 13.0. The van der Waals surface area contributed by atoms with Crippen LogP contribution in [-0.4, -0.2) is 32.8 Å². The monoisotopic (exact) mass is 428 g/mol. The number of benzene rings is 2. The molecule has 0 radical (unpaired) electrons. The van der Waals surface area contributed by atoms with E-state index in [1.807, 2.05) is 47.4 Å². The van der Waals surface area contributed by atoms with Gasteiger partial charge in [0.1, 0.15) is 5.82 Å². The van der Waals surface area contributed by atoms with Gasteiger partial charge in [0.25, 0.3) is 0 Å². The van der Waals surface area contributed by atoms with Crippen molar-refractivity contribution in [3.8, 4) is 11.3 Å². The molecular formula is C26H28N4O2. The fourth-order valence-electron chi connectivity index (χ4n) is 4.94. The molecule has 5 rings (SSSR count). The molecule has 0 spiro atoms. The number of aryl methyl sites for hydroxylation is 2. The van der Waals surface area contributed by atoms with Gasteiger partial charge in [0.2, 0.25) is 11.8 Å². The summed E-state index contributed by atoms with van der Waals surface area (Å²) in [7, 11) is 0. The van der Waals surface area contributed by atoms with Gasteiger partial charge < -0.3 is 14.8 Å². The SMILES string of the molecule is CC(=O)N1CCc2ccccc2C1CC(=O)Nc1cccc(-c2cn3c(n2)CCCC3)c1. The van der Waals surface area contributed by atoms with Gasteiger partial charge in [-0.25, -0.2) is 4.98 Å². The summed E-state index contributed by atoms with van der Waals surface area (Å²) in [5.74, 6) is 1.04. The zero-order valence-electron chi connectivity index (χ0n) is 18.4. The molecule has 2 aliphatic rings. The standard InChI is InChI=1S/C26H28N4O2/c1-18(31)30-14-12-19-7-2-3-10-22(19)24(30)16-26(32)27-21-9-6-8-20(15-21)23-17-29-13-5-4-11-25(29)28-23/h2-3,6-10,15,17,24H,4-5,11-14,16H2,1H3,(H,27,32). The molecule has 164 valence electrons. The van der Waals surface area contributed by atoms with E-state index in [9.17, 15) is 9.59 Å². The number of hydrogen-bond donors (Lipinski definition) is 1. The van der Waals surface area contributed by atoms with Crippen molar-refractivity contribution < 1.29 is 9.59 Å². The highest BCUT2D eigenvalue weighted by Gasteiger charge is 2.30. The summed E-state index contributed by atoms with van der Waals surface area (Å²) < 4.78 is 2.24. The Kier molecular flexibility index (Phi) is 5.52. The lowest BCUT2D eigenvalue weighted by atomic mass is 9.90. The Hall–Kier alpha value is -3.41. The van der Waals surface area contributed by atoms with E-state index in [0.717, 1.165) is 47.7 Å². The summed E-state index contributed by atoms with van der Waals surface area (Å²) in [4.78, 5) is 31.8. The zero-order chi connectivity index (χ0) is 22.1. The second kappa shape index (κ2) is 8.61. The van der Waals surface area contributed by atoms with Crippen molar-refractivity contribution in [3.63, 3.8) is 0 Å². The van der Waals surface area contributed by atoms with E-state index in [2.05, 4.69) is 22.1 Å². The Morgan fingerprint density at radius 3 is 2.78 bits per heavy atom. The van der Waals surface area contributed by atoms with Crippen LogP contribution in [0.5, 0.6) is 0 Å². The topological polar surface area (TPSA) is 67.2 Å². The lowest BCUT2D eigenvalue weighted by molar-refractivity contribution is -0.132. The molecule has 32 heavy (non-hydrogen) atoms. The van der Waals surface area contributed by atoms with Crippen LogP contribution in [-0.2, 0) is 29.0 Å². The highest BCUT2D eigenvalue weighted by Crippen LogP contribution is 2.33. The summed E-state index contributed by atoms with van der Waals surface area (Å²) in [5, 5.41) is 3.04.